The van der Waals surface area contributed by atoms with Gasteiger partial charge in [0, 0.05) is 47.5 Å². The predicted octanol–water partition coefficient (Wildman–Crippen LogP) is 1.39. The molecule has 31 heavy (non-hydrogen) atoms. The van der Waals surface area contributed by atoms with Gasteiger partial charge in [0.05, 0.1) is 14.2 Å². The molecule has 1 saturated heterocycles. The van der Waals surface area contributed by atoms with Crippen LogP contribution in [0.25, 0.3) is 0 Å². The second-order valence-corrected chi connectivity index (χ2v) is 7.61. The van der Waals surface area contributed by atoms with Crippen LogP contribution in [0.5, 0.6) is 0 Å². The molecule has 1 aliphatic heterocycles. The Kier molecular flexibility index (Phi) is 9.66. The van der Waals surface area contributed by atoms with Crippen molar-refractivity contribution in [3.05, 3.63) is 57.7 Å². The SMILES string of the molecule is COC(=O)/C=C/C(=O)O[C@H]1CN(Cc2ccccc2I)C[C@@H]1OC(=O)/C=C/C(=O)OC. The van der Waals surface area contributed by atoms with E-state index in [9.17, 15) is 19.2 Å². The highest BCUT2D eigenvalue weighted by Crippen LogP contribution is 2.22. The van der Waals surface area contributed by atoms with E-state index in [-0.39, 0.29) is 0 Å². The van der Waals surface area contributed by atoms with E-state index >= 15 is 0 Å². The summed E-state index contributed by atoms with van der Waals surface area (Å²) in [6.07, 6.45) is 2.27. The van der Waals surface area contributed by atoms with Crippen LogP contribution < -0.4 is 0 Å². The number of nitrogens with zero attached hydrogens (tertiary/aromatic N) is 1. The number of likely N-dealkylation sites (tertiary alicyclic amines) is 1. The highest BCUT2D eigenvalue weighted by molar-refractivity contribution is 14.1. The molecule has 0 bridgehead atoms. The van der Waals surface area contributed by atoms with Gasteiger partial charge in [0.25, 0.3) is 0 Å². The Morgan fingerprint density at radius 3 is 1.77 bits per heavy atom. The van der Waals surface area contributed by atoms with E-state index in [1.165, 1.54) is 14.2 Å². The van der Waals surface area contributed by atoms with Crippen molar-refractivity contribution < 1.29 is 38.1 Å². The zero-order valence-corrected chi connectivity index (χ0v) is 19.1. The van der Waals surface area contributed by atoms with Crippen LogP contribution in [-0.4, -0.2) is 68.3 Å². The van der Waals surface area contributed by atoms with Crippen LogP contribution in [0.3, 0.4) is 0 Å². The first-order valence-corrected chi connectivity index (χ1v) is 10.3. The predicted molar refractivity (Wildman–Crippen MR) is 117 cm³/mol. The van der Waals surface area contributed by atoms with E-state index in [2.05, 4.69) is 32.1 Å². The molecule has 2 rings (SSSR count). The van der Waals surface area contributed by atoms with Crippen LogP contribution in [0.1, 0.15) is 5.56 Å². The summed E-state index contributed by atoms with van der Waals surface area (Å²) in [6, 6.07) is 7.83. The van der Waals surface area contributed by atoms with Crippen molar-refractivity contribution in [3.8, 4) is 0 Å². The van der Waals surface area contributed by atoms with Gasteiger partial charge in [-0.25, -0.2) is 19.2 Å². The lowest BCUT2D eigenvalue weighted by molar-refractivity contribution is -0.157. The summed E-state index contributed by atoms with van der Waals surface area (Å²) < 4.78 is 20.7. The number of ether oxygens (including phenoxy) is 4. The number of hydrogen-bond acceptors (Lipinski definition) is 9. The molecule has 1 fully saturated rings. The molecule has 9 nitrogen and oxygen atoms in total. The molecule has 0 spiro atoms. The molecule has 10 heteroatoms. The lowest BCUT2D eigenvalue weighted by Gasteiger charge is -2.17. The Morgan fingerprint density at radius 2 is 1.32 bits per heavy atom. The molecule has 0 unspecified atom stereocenters. The molecule has 2 atom stereocenters. The van der Waals surface area contributed by atoms with Gasteiger partial charge in [-0.15, -0.1) is 0 Å². The van der Waals surface area contributed by atoms with Crippen molar-refractivity contribution in [2.24, 2.45) is 0 Å². The molecule has 1 aliphatic rings. The normalized spacial score (nSPS) is 18.8. The maximum Gasteiger partial charge on any atom is 0.331 e. The van der Waals surface area contributed by atoms with E-state index in [0.717, 1.165) is 33.4 Å². The molecule has 166 valence electrons. The molecule has 0 radical (unpaired) electrons. The first-order valence-electron chi connectivity index (χ1n) is 9.21. The minimum atomic E-state index is -0.766. The average Bonchev–Trinajstić information content (AvgIpc) is 3.12. The van der Waals surface area contributed by atoms with Crippen molar-refractivity contribution in [2.75, 3.05) is 27.3 Å². The number of carbonyl (C=O) groups excluding carboxylic acids is 4. The van der Waals surface area contributed by atoms with Gasteiger partial charge in [-0.1, -0.05) is 18.2 Å². The molecule has 0 saturated carbocycles. The van der Waals surface area contributed by atoms with Gasteiger partial charge < -0.3 is 18.9 Å². The summed E-state index contributed by atoms with van der Waals surface area (Å²) in [5.41, 5.74) is 1.08. The number of esters is 4. The maximum absolute atomic E-state index is 12.1. The van der Waals surface area contributed by atoms with Crippen molar-refractivity contribution in [3.63, 3.8) is 0 Å². The smallest absolute Gasteiger partial charge is 0.331 e. The van der Waals surface area contributed by atoms with Crippen molar-refractivity contribution in [2.45, 2.75) is 18.8 Å². The van der Waals surface area contributed by atoms with Gasteiger partial charge in [0.15, 0.2) is 12.2 Å². The van der Waals surface area contributed by atoms with Crippen molar-refractivity contribution in [1.82, 2.24) is 4.90 Å². The Labute approximate surface area is 193 Å². The summed E-state index contributed by atoms with van der Waals surface area (Å²) >= 11 is 2.24. The van der Waals surface area contributed by atoms with E-state index in [0.29, 0.717) is 19.6 Å². The molecule has 1 aromatic carbocycles. The summed E-state index contributed by atoms with van der Waals surface area (Å²) in [5.74, 6) is -2.92. The highest BCUT2D eigenvalue weighted by atomic mass is 127. The van der Waals surface area contributed by atoms with Gasteiger partial charge in [0.2, 0.25) is 0 Å². The van der Waals surface area contributed by atoms with E-state index in [1.54, 1.807) is 0 Å². The fourth-order valence-electron chi connectivity index (χ4n) is 2.83. The minimum Gasteiger partial charge on any atom is -0.466 e. The average molecular weight is 543 g/mol. The topological polar surface area (TPSA) is 108 Å². The third-order valence-electron chi connectivity index (χ3n) is 4.29. The van der Waals surface area contributed by atoms with Crippen LogP contribution in [0.15, 0.2) is 48.6 Å². The minimum absolute atomic E-state index is 0.321. The zero-order chi connectivity index (χ0) is 22.8. The Morgan fingerprint density at radius 1 is 0.871 bits per heavy atom. The van der Waals surface area contributed by atoms with Crippen molar-refractivity contribution >= 4 is 46.5 Å². The fourth-order valence-corrected chi connectivity index (χ4v) is 3.38. The van der Waals surface area contributed by atoms with E-state index < -0.39 is 36.1 Å². The number of methoxy groups -OCH3 is 2. The van der Waals surface area contributed by atoms with Gasteiger partial charge >= 0.3 is 23.9 Å². The molecule has 1 aromatic rings. The van der Waals surface area contributed by atoms with E-state index in [4.69, 9.17) is 9.47 Å². The molecule has 0 amide bonds. The van der Waals surface area contributed by atoms with Gasteiger partial charge in [0.1, 0.15) is 0 Å². The van der Waals surface area contributed by atoms with Gasteiger partial charge in [-0.3, -0.25) is 4.90 Å². The number of rotatable bonds is 8. The quantitative estimate of drug-likeness (QED) is 0.208. The Hall–Kier alpha value is -2.73. The van der Waals surface area contributed by atoms with Crippen molar-refractivity contribution in [1.29, 1.82) is 0 Å². The molecule has 0 N–H and O–H groups in total. The Bertz CT molecular complexity index is 834. The van der Waals surface area contributed by atoms with Crippen LogP contribution in [0, 0.1) is 3.57 Å². The zero-order valence-electron chi connectivity index (χ0n) is 17.0. The van der Waals surface area contributed by atoms with Crippen LogP contribution >= 0.6 is 22.6 Å². The number of hydrogen-bond donors (Lipinski definition) is 0. The third kappa shape index (κ3) is 8.13. The van der Waals surface area contributed by atoms with Crippen LogP contribution in [0.2, 0.25) is 0 Å². The lowest BCUT2D eigenvalue weighted by atomic mass is 10.2. The first-order chi connectivity index (χ1) is 14.8. The fraction of sp³-hybridized carbons (Fsp3) is 0.333. The van der Waals surface area contributed by atoms with Gasteiger partial charge in [-0.05, 0) is 34.2 Å². The molecular weight excluding hydrogens is 521 g/mol. The summed E-state index contributed by atoms with van der Waals surface area (Å²) in [5, 5.41) is 0. The molecular formula is C21H22INO8. The number of carbonyl (C=O) groups is 4. The largest absolute Gasteiger partial charge is 0.466 e. The summed E-state index contributed by atoms with van der Waals surface area (Å²) in [4.78, 5) is 48.5. The summed E-state index contributed by atoms with van der Waals surface area (Å²) in [6.45, 7) is 1.21. The standard InChI is InChI=1S/C21H22INO8/c1-28-18(24)7-9-20(26)30-16-12-23(11-14-5-3-4-6-15(14)22)13-17(16)31-21(27)10-8-19(25)29-2/h3-10,16-17H,11-13H2,1-2H3/b9-7+,10-8+/t16-,17-/m0/s1. The second kappa shape index (κ2) is 12.2. The second-order valence-electron chi connectivity index (χ2n) is 6.45. The molecule has 0 aliphatic carbocycles. The van der Waals surface area contributed by atoms with Crippen LogP contribution in [0.4, 0.5) is 0 Å². The van der Waals surface area contributed by atoms with Crippen LogP contribution in [-0.2, 0) is 44.7 Å². The highest BCUT2D eigenvalue weighted by Gasteiger charge is 2.38. The number of benzene rings is 1. The van der Waals surface area contributed by atoms with E-state index in [1.807, 2.05) is 29.2 Å². The van der Waals surface area contributed by atoms with Gasteiger partial charge in [-0.2, -0.15) is 0 Å². The monoisotopic (exact) mass is 543 g/mol. The Balaban J connectivity index is 2.08. The molecule has 1 heterocycles. The third-order valence-corrected chi connectivity index (χ3v) is 5.34. The number of halogens is 1. The first kappa shape index (κ1) is 24.5. The summed E-state index contributed by atoms with van der Waals surface area (Å²) in [7, 11) is 2.38. The lowest BCUT2D eigenvalue weighted by Crippen LogP contribution is -2.33. The maximum atomic E-state index is 12.1. The molecule has 0 aromatic heterocycles.